The third-order valence-corrected chi connectivity index (χ3v) is 3.68. The molecule has 2 heterocycles. The lowest BCUT2D eigenvalue weighted by molar-refractivity contribution is 0.0285. The number of rotatable bonds is 5. The minimum Gasteiger partial charge on any atom is -0.497 e. The van der Waals surface area contributed by atoms with Crippen LogP contribution in [0.3, 0.4) is 0 Å². The summed E-state index contributed by atoms with van der Waals surface area (Å²) in [5, 5.41) is 6.06. The van der Waals surface area contributed by atoms with Crippen LogP contribution < -0.4 is 15.4 Å². The zero-order chi connectivity index (χ0) is 16.1. The Morgan fingerprint density at radius 2 is 2.30 bits per heavy atom. The largest absolute Gasteiger partial charge is 0.497 e. The molecule has 0 bridgehead atoms. The first-order valence-electron chi connectivity index (χ1n) is 7.61. The molecule has 122 valence electrons. The van der Waals surface area contributed by atoms with E-state index in [1.165, 1.54) is 0 Å². The van der Waals surface area contributed by atoms with Gasteiger partial charge in [0, 0.05) is 25.2 Å². The summed E-state index contributed by atoms with van der Waals surface area (Å²) in [4.78, 5) is 12.1. The van der Waals surface area contributed by atoms with E-state index in [-0.39, 0.29) is 17.8 Å². The van der Waals surface area contributed by atoms with Gasteiger partial charge < -0.3 is 24.5 Å². The van der Waals surface area contributed by atoms with Crippen LogP contribution in [0.25, 0.3) is 11.3 Å². The van der Waals surface area contributed by atoms with Gasteiger partial charge >= 0.3 is 0 Å². The Balaban J connectivity index is 1.62. The number of carbonyl (C=O) groups is 1. The number of furan rings is 1. The Hall–Kier alpha value is -2.31. The van der Waals surface area contributed by atoms with Crippen LogP contribution in [0.15, 0.2) is 40.8 Å². The predicted octanol–water partition coefficient (Wildman–Crippen LogP) is 1.67. The number of ether oxygens (including phenoxy) is 2. The van der Waals surface area contributed by atoms with Crippen molar-refractivity contribution in [2.45, 2.75) is 6.10 Å². The minimum absolute atomic E-state index is 0.000479. The lowest BCUT2D eigenvalue weighted by Gasteiger charge is -2.23. The molecule has 1 fully saturated rings. The molecule has 2 N–H and O–H groups in total. The third-order valence-electron chi connectivity index (χ3n) is 3.68. The summed E-state index contributed by atoms with van der Waals surface area (Å²) in [5.41, 5.74) is 0.864. The average molecular weight is 316 g/mol. The highest BCUT2D eigenvalue weighted by Crippen LogP contribution is 2.25. The molecule has 0 unspecified atom stereocenters. The Morgan fingerprint density at radius 3 is 3.09 bits per heavy atom. The molecule has 0 saturated carbocycles. The molecule has 0 aliphatic carbocycles. The number of hydrogen-bond donors (Lipinski definition) is 2. The van der Waals surface area contributed by atoms with Gasteiger partial charge in [0.05, 0.1) is 19.8 Å². The van der Waals surface area contributed by atoms with E-state index in [0.717, 1.165) is 24.4 Å². The number of hydrogen-bond acceptors (Lipinski definition) is 5. The van der Waals surface area contributed by atoms with Gasteiger partial charge in [-0.05, 0) is 24.3 Å². The van der Waals surface area contributed by atoms with E-state index in [1.54, 1.807) is 19.2 Å². The van der Waals surface area contributed by atoms with Crippen LogP contribution in [0.4, 0.5) is 0 Å². The maximum Gasteiger partial charge on any atom is 0.287 e. The summed E-state index contributed by atoms with van der Waals surface area (Å²) >= 11 is 0. The quantitative estimate of drug-likeness (QED) is 0.878. The molecule has 1 saturated heterocycles. The van der Waals surface area contributed by atoms with Crippen molar-refractivity contribution in [1.29, 1.82) is 0 Å². The maximum atomic E-state index is 12.1. The summed E-state index contributed by atoms with van der Waals surface area (Å²) in [7, 11) is 1.61. The van der Waals surface area contributed by atoms with Gasteiger partial charge in [-0.25, -0.2) is 0 Å². The molecule has 1 aliphatic heterocycles. The van der Waals surface area contributed by atoms with Crippen LogP contribution in [0.2, 0.25) is 0 Å². The van der Waals surface area contributed by atoms with Crippen molar-refractivity contribution in [3.8, 4) is 17.1 Å². The van der Waals surface area contributed by atoms with Gasteiger partial charge in [-0.3, -0.25) is 4.79 Å². The van der Waals surface area contributed by atoms with Crippen LogP contribution in [0, 0.1) is 0 Å². The highest BCUT2D eigenvalue weighted by Gasteiger charge is 2.17. The zero-order valence-corrected chi connectivity index (χ0v) is 13.0. The minimum atomic E-state index is -0.242. The monoisotopic (exact) mass is 316 g/mol. The summed E-state index contributed by atoms with van der Waals surface area (Å²) in [6.07, 6.45) is 0.000479. The van der Waals surface area contributed by atoms with E-state index in [2.05, 4.69) is 10.6 Å². The predicted molar refractivity (Wildman–Crippen MR) is 85.6 cm³/mol. The molecule has 2 aromatic rings. The van der Waals surface area contributed by atoms with Crippen LogP contribution in [0.1, 0.15) is 10.6 Å². The van der Waals surface area contributed by atoms with Crippen molar-refractivity contribution in [3.63, 3.8) is 0 Å². The van der Waals surface area contributed by atoms with Crippen molar-refractivity contribution in [3.05, 3.63) is 42.2 Å². The first-order chi connectivity index (χ1) is 11.3. The van der Waals surface area contributed by atoms with E-state index in [9.17, 15) is 4.79 Å². The molecular weight excluding hydrogens is 296 g/mol. The molecule has 6 nitrogen and oxygen atoms in total. The fraction of sp³-hybridized carbons (Fsp3) is 0.353. The molecule has 1 amide bonds. The van der Waals surface area contributed by atoms with Crippen molar-refractivity contribution < 1.29 is 18.7 Å². The molecule has 0 radical (unpaired) electrons. The lowest BCUT2D eigenvalue weighted by Crippen LogP contribution is -2.45. The third kappa shape index (κ3) is 3.91. The van der Waals surface area contributed by atoms with Gasteiger partial charge in [0.15, 0.2) is 5.76 Å². The smallest absolute Gasteiger partial charge is 0.287 e. The van der Waals surface area contributed by atoms with E-state index in [0.29, 0.717) is 18.9 Å². The second kappa shape index (κ2) is 7.30. The molecule has 0 spiro atoms. The van der Waals surface area contributed by atoms with Gasteiger partial charge in [-0.1, -0.05) is 12.1 Å². The average Bonchev–Trinajstić information content (AvgIpc) is 3.11. The zero-order valence-electron chi connectivity index (χ0n) is 13.0. The van der Waals surface area contributed by atoms with Crippen LogP contribution in [-0.2, 0) is 4.74 Å². The summed E-state index contributed by atoms with van der Waals surface area (Å²) < 4.78 is 16.4. The first-order valence-corrected chi connectivity index (χ1v) is 7.61. The van der Waals surface area contributed by atoms with E-state index < -0.39 is 0 Å². The molecule has 1 aliphatic rings. The van der Waals surface area contributed by atoms with Gasteiger partial charge in [0.25, 0.3) is 5.91 Å². The van der Waals surface area contributed by atoms with Gasteiger partial charge in [0.1, 0.15) is 11.5 Å². The van der Waals surface area contributed by atoms with Crippen LogP contribution in [0.5, 0.6) is 5.75 Å². The van der Waals surface area contributed by atoms with Gasteiger partial charge in [0.2, 0.25) is 0 Å². The molecular formula is C17H20N2O4. The maximum absolute atomic E-state index is 12.1. The van der Waals surface area contributed by atoms with Gasteiger partial charge in [-0.15, -0.1) is 0 Å². The molecule has 3 rings (SSSR count). The Labute approximate surface area is 134 Å². The molecule has 1 aromatic carbocycles. The second-order valence-corrected chi connectivity index (χ2v) is 5.30. The molecule has 1 atom stereocenters. The second-order valence-electron chi connectivity index (χ2n) is 5.30. The number of nitrogens with one attached hydrogen (secondary N) is 2. The number of amides is 1. The van der Waals surface area contributed by atoms with Crippen molar-refractivity contribution in [2.24, 2.45) is 0 Å². The molecule has 1 aromatic heterocycles. The first kappa shape index (κ1) is 15.6. The lowest BCUT2D eigenvalue weighted by atomic mass is 10.2. The standard InChI is InChI=1S/C17H20N2O4/c1-21-13-4-2-3-12(9-13)15-5-6-16(23-15)17(20)19-11-14-10-18-7-8-22-14/h2-6,9,14,18H,7-8,10-11H2,1H3,(H,19,20)/t14-/m0/s1. The van der Waals surface area contributed by atoms with Gasteiger partial charge in [-0.2, -0.15) is 0 Å². The fourth-order valence-electron chi connectivity index (χ4n) is 2.44. The summed E-state index contributed by atoms with van der Waals surface area (Å²) in [5.74, 6) is 1.41. The molecule has 23 heavy (non-hydrogen) atoms. The van der Waals surface area contributed by atoms with E-state index >= 15 is 0 Å². The number of carbonyl (C=O) groups excluding carboxylic acids is 1. The number of benzene rings is 1. The van der Waals surface area contributed by atoms with Crippen molar-refractivity contribution in [1.82, 2.24) is 10.6 Å². The number of methoxy groups -OCH3 is 1. The Morgan fingerprint density at radius 1 is 1.39 bits per heavy atom. The summed E-state index contributed by atoms with van der Waals surface area (Å²) in [6, 6.07) is 11.0. The molecule has 6 heteroatoms. The van der Waals surface area contributed by atoms with E-state index in [4.69, 9.17) is 13.9 Å². The normalized spacial score (nSPS) is 17.7. The highest BCUT2D eigenvalue weighted by molar-refractivity contribution is 5.92. The van der Waals surface area contributed by atoms with E-state index in [1.807, 2.05) is 24.3 Å². The highest BCUT2D eigenvalue weighted by atomic mass is 16.5. The Kier molecular flexibility index (Phi) is 4.95. The Bertz CT molecular complexity index is 662. The summed E-state index contributed by atoms with van der Waals surface area (Å²) in [6.45, 7) is 2.72. The van der Waals surface area contributed by atoms with Crippen LogP contribution >= 0.6 is 0 Å². The van der Waals surface area contributed by atoms with Crippen molar-refractivity contribution in [2.75, 3.05) is 33.4 Å². The topological polar surface area (TPSA) is 72.7 Å². The van der Waals surface area contributed by atoms with Crippen molar-refractivity contribution >= 4 is 5.91 Å². The fourth-order valence-corrected chi connectivity index (χ4v) is 2.44. The SMILES string of the molecule is COc1cccc(-c2ccc(C(=O)NC[C@@H]3CNCCO3)o2)c1. The number of morpholine rings is 1. The van der Waals surface area contributed by atoms with Crippen LogP contribution in [-0.4, -0.2) is 45.4 Å².